The van der Waals surface area contributed by atoms with E-state index < -0.39 is 21.5 Å². The number of aliphatic hydroxyl groups is 1. The summed E-state index contributed by atoms with van der Waals surface area (Å²) < 4.78 is 36.6. The normalized spacial score (nSPS) is 21.2. The van der Waals surface area contributed by atoms with Gasteiger partial charge in [0.25, 0.3) is 0 Å². The number of nitrogens with zero attached hydrogens (tertiary/aromatic N) is 2. The van der Waals surface area contributed by atoms with Crippen LogP contribution in [0.1, 0.15) is 17.3 Å². The number of likely N-dealkylation sites (tertiary alicyclic amines) is 1. The smallest absolute Gasteiger partial charge is 0.248 e. The molecule has 1 saturated heterocycles. The van der Waals surface area contributed by atoms with E-state index in [1.807, 2.05) is 18.2 Å². The summed E-state index contributed by atoms with van der Waals surface area (Å²) in [4.78, 5) is 17.2. The van der Waals surface area contributed by atoms with Crippen molar-refractivity contribution in [1.82, 2.24) is 14.2 Å². The number of methoxy groups -OCH3 is 2. The molecule has 10 heteroatoms. The molecule has 1 aromatic carbocycles. The Morgan fingerprint density at radius 1 is 1.31 bits per heavy atom. The second-order valence-electron chi connectivity index (χ2n) is 7.79. The highest BCUT2D eigenvalue weighted by molar-refractivity contribution is 7.88. The van der Waals surface area contributed by atoms with Crippen LogP contribution in [0.5, 0.6) is 5.75 Å². The lowest BCUT2D eigenvalue weighted by Crippen LogP contribution is -2.68. The maximum atomic E-state index is 12.5. The number of aromatic amines is 1. The standard InChI is InChI=1S/C19H25N3O6S/c1-27-8-16(24)21-9-19(10-21)11-22(29(3,25)26)15(7-23)18-17(19)13-5-4-12(28-2)6-14(13)20-18/h4-6,15,20,23H,7-11H2,1-3H3/t15-/m1/s1. The van der Waals surface area contributed by atoms with Crippen molar-refractivity contribution in [1.29, 1.82) is 0 Å². The van der Waals surface area contributed by atoms with Crippen LogP contribution in [0.4, 0.5) is 0 Å². The van der Waals surface area contributed by atoms with E-state index in [9.17, 15) is 18.3 Å². The summed E-state index contributed by atoms with van der Waals surface area (Å²) in [6.45, 7) is 0.645. The van der Waals surface area contributed by atoms with Gasteiger partial charge in [0.15, 0.2) is 0 Å². The van der Waals surface area contributed by atoms with Crippen LogP contribution in [0, 0.1) is 0 Å². The fraction of sp³-hybridized carbons (Fsp3) is 0.526. The molecule has 1 fully saturated rings. The van der Waals surface area contributed by atoms with Crippen LogP contribution in [-0.2, 0) is 25.0 Å². The average Bonchev–Trinajstić information content (AvgIpc) is 3.03. The third-order valence-electron chi connectivity index (χ3n) is 5.91. The second-order valence-corrected chi connectivity index (χ2v) is 9.73. The molecule has 0 bridgehead atoms. The Bertz CT molecular complexity index is 1060. The summed E-state index contributed by atoms with van der Waals surface area (Å²) in [6, 6.07) is 4.95. The minimum atomic E-state index is -3.57. The SMILES string of the molecule is COCC(=O)N1CC2(C1)CN(S(C)(=O)=O)[C@H](CO)c1[nH]c3cc(OC)ccc3c12. The van der Waals surface area contributed by atoms with E-state index in [2.05, 4.69) is 4.98 Å². The number of rotatable bonds is 5. The first-order valence-corrected chi connectivity index (χ1v) is 11.1. The minimum absolute atomic E-state index is 0.0108. The fourth-order valence-electron chi connectivity index (χ4n) is 4.64. The molecule has 2 N–H and O–H groups in total. The number of aliphatic hydroxyl groups excluding tert-OH is 1. The summed E-state index contributed by atoms with van der Waals surface area (Å²) in [5.74, 6) is 0.549. The molecule has 1 atom stereocenters. The molecule has 29 heavy (non-hydrogen) atoms. The van der Waals surface area contributed by atoms with Crippen LogP contribution in [0.25, 0.3) is 10.9 Å². The molecule has 2 aliphatic heterocycles. The number of carbonyl (C=O) groups excluding carboxylic acids is 1. The van der Waals surface area contributed by atoms with Crippen LogP contribution in [0.2, 0.25) is 0 Å². The minimum Gasteiger partial charge on any atom is -0.497 e. The molecule has 1 amide bonds. The van der Waals surface area contributed by atoms with Crippen molar-refractivity contribution in [2.45, 2.75) is 11.5 Å². The number of sulfonamides is 1. The highest BCUT2D eigenvalue weighted by Crippen LogP contribution is 2.49. The van der Waals surface area contributed by atoms with E-state index in [1.165, 1.54) is 11.4 Å². The molecule has 0 saturated carbocycles. The second kappa shape index (κ2) is 6.98. The Labute approximate surface area is 169 Å². The lowest BCUT2D eigenvalue weighted by molar-refractivity contribution is -0.144. The Balaban J connectivity index is 1.86. The van der Waals surface area contributed by atoms with Crippen molar-refractivity contribution in [3.05, 3.63) is 29.5 Å². The van der Waals surface area contributed by atoms with Crippen molar-refractivity contribution < 1.29 is 27.8 Å². The van der Waals surface area contributed by atoms with Crippen LogP contribution < -0.4 is 4.74 Å². The predicted octanol–water partition coefficient (Wildman–Crippen LogP) is 0.212. The van der Waals surface area contributed by atoms with Gasteiger partial charge in [0, 0.05) is 54.8 Å². The summed E-state index contributed by atoms with van der Waals surface area (Å²) >= 11 is 0. The maximum absolute atomic E-state index is 12.5. The van der Waals surface area contributed by atoms with Crippen LogP contribution >= 0.6 is 0 Å². The summed E-state index contributed by atoms with van der Waals surface area (Å²) in [6.07, 6.45) is 1.15. The van der Waals surface area contributed by atoms with E-state index >= 15 is 0 Å². The van der Waals surface area contributed by atoms with Crippen LogP contribution in [-0.4, -0.2) is 86.9 Å². The first kappa shape index (κ1) is 20.1. The van der Waals surface area contributed by atoms with Gasteiger partial charge >= 0.3 is 0 Å². The summed E-state index contributed by atoms with van der Waals surface area (Å²) in [5, 5.41) is 11.0. The molecule has 2 aliphatic rings. The van der Waals surface area contributed by atoms with Crippen molar-refractivity contribution in [3.8, 4) is 5.75 Å². The quantitative estimate of drug-likeness (QED) is 0.711. The molecule has 0 radical (unpaired) electrons. The van der Waals surface area contributed by atoms with Crippen molar-refractivity contribution >= 4 is 26.8 Å². The van der Waals surface area contributed by atoms with Crippen molar-refractivity contribution in [2.75, 3.05) is 53.3 Å². The number of ether oxygens (including phenoxy) is 2. The van der Waals surface area contributed by atoms with Gasteiger partial charge < -0.3 is 24.5 Å². The number of aromatic nitrogens is 1. The Hall–Kier alpha value is -2.14. The number of hydrogen-bond acceptors (Lipinski definition) is 6. The molecule has 9 nitrogen and oxygen atoms in total. The Kier molecular flexibility index (Phi) is 4.85. The molecule has 3 heterocycles. The van der Waals surface area contributed by atoms with Crippen LogP contribution in [0.3, 0.4) is 0 Å². The molecule has 4 rings (SSSR count). The summed E-state index contributed by atoms with van der Waals surface area (Å²) in [7, 11) is -0.524. The third kappa shape index (κ3) is 3.10. The number of nitrogens with one attached hydrogen (secondary N) is 1. The Morgan fingerprint density at radius 2 is 2.03 bits per heavy atom. The number of benzene rings is 1. The van der Waals surface area contributed by atoms with Gasteiger partial charge in [-0.15, -0.1) is 0 Å². The van der Waals surface area contributed by atoms with Crippen molar-refractivity contribution in [3.63, 3.8) is 0 Å². The van der Waals surface area contributed by atoms with Gasteiger partial charge in [-0.05, 0) is 17.7 Å². The molecule has 158 valence electrons. The predicted molar refractivity (Wildman–Crippen MR) is 106 cm³/mol. The van der Waals surface area contributed by atoms with Crippen molar-refractivity contribution in [2.24, 2.45) is 0 Å². The molecule has 1 spiro atoms. The molecular weight excluding hydrogens is 398 g/mol. The first-order chi connectivity index (χ1) is 13.7. The zero-order valence-corrected chi connectivity index (χ0v) is 17.5. The van der Waals surface area contributed by atoms with E-state index in [4.69, 9.17) is 9.47 Å². The van der Waals surface area contributed by atoms with Gasteiger partial charge in [0.05, 0.1) is 26.0 Å². The van der Waals surface area contributed by atoms with Gasteiger partial charge in [0.2, 0.25) is 15.9 Å². The molecule has 0 aliphatic carbocycles. The zero-order chi connectivity index (χ0) is 21.0. The first-order valence-electron chi connectivity index (χ1n) is 9.28. The largest absolute Gasteiger partial charge is 0.497 e. The van der Waals surface area contributed by atoms with E-state index in [1.54, 1.807) is 12.0 Å². The maximum Gasteiger partial charge on any atom is 0.248 e. The summed E-state index contributed by atoms with van der Waals surface area (Å²) in [5.41, 5.74) is 1.91. The fourth-order valence-corrected chi connectivity index (χ4v) is 5.76. The van der Waals surface area contributed by atoms with Gasteiger partial charge in [-0.25, -0.2) is 8.42 Å². The number of hydrogen-bond donors (Lipinski definition) is 2. The Morgan fingerprint density at radius 3 is 2.62 bits per heavy atom. The number of amides is 1. The van der Waals surface area contributed by atoms with E-state index in [0.717, 1.165) is 22.7 Å². The topological polar surface area (TPSA) is 112 Å². The number of carbonyl (C=O) groups is 1. The lowest BCUT2D eigenvalue weighted by Gasteiger charge is -2.55. The monoisotopic (exact) mass is 423 g/mol. The highest BCUT2D eigenvalue weighted by atomic mass is 32.2. The highest BCUT2D eigenvalue weighted by Gasteiger charge is 2.55. The molecule has 0 unspecified atom stereocenters. The number of H-pyrrole nitrogens is 1. The molecular formula is C19H25N3O6S. The zero-order valence-electron chi connectivity index (χ0n) is 16.6. The van der Waals surface area contributed by atoms with Gasteiger partial charge in [-0.3, -0.25) is 4.79 Å². The lowest BCUT2D eigenvalue weighted by atomic mass is 9.69. The van der Waals surface area contributed by atoms with Crippen LogP contribution in [0.15, 0.2) is 18.2 Å². The third-order valence-corrected chi connectivity index (χ3v) is 7.15. The molecule has 2 aromatic rings. The average molecular weight is 423 g/mol. The van der Waals surface area contributed by atoms with Gasteiger partial charge in [-0.2, -0.15) is 4.31 Å². The number of fused-ring (bicyclic) bond motifs is 4. The van der Waals surface area contributed by atoms with E-state index in [0.29, 0.717) is 24.5 Å². The van der Waals surface area contributed by atoms with Gasteiger partial charge in [-0.1, -0.05) is 0 Å². The van der Waals surface area contributed by atoms with Gasteiger partial charge in [0.1, 0.15) is 12.4 Å². The molecule has 1 aromatic heterocycles. The van der Waals surface area contributed by atoms with E-state index in [-0.39, 0.29) is 25.7 Å².